The van der Waals surface area contributed by atoms with Gasteiger partial charge in [-0.05, 0) is 40.5 Å². The van der Waals surface area contributed by atoms with Gasteiger partial charge < -0.3 is 25.0 Å². The highest BCUT2D eigenvalue weighted by Gasteiger charge is 2.27. The summed E-state index contributed by atoms with van der Waals surface area (Å²) in [5.74, 6) is 0.938. The maximum absolute atomic E-state index is 12.0. The highest BCUT2D eigenvalue weighted by Crippen LogP contribution is 2.12. The Morgan fingerprint density at radius 3 is 2.67 bits per heavy atom. The van der Waals surface area contributed by atoms with Gasteiger partial charge in [-0.2, -0.15) is 0 Å². The molecule has 0 aromatic rings. The minimum Gasteiger partial charge on any atom is -0.444 e. The van der Waals surface area contributed by atoms with Gasteiger partial charge in [0.05, 0.1) is 19.3 Å². The monoisotopic (exact) mass is 383 g/mol. The van der Waals surface area contributed by atoms with Gasteiger partial charge in [0.2, 0.25) is 0 Å². The normalized spacial score (nSPS) is 22.0. The second-order valence-electron chi connectivity index (χ2n) is 8.12. The number of alkyl carbamates (subject to hydrolysis) is 1. The lowest BCUT2D eigenvalue weighted by Crippen LogP contribution is -2.44. The van der Waals surface area contributed by atoms with Crippen LogP contribution in [0.3, 0.4) is 0 Å². The Balaban J connectivity index is 1.75. The second kappa shape index (κ2) is 10.7. The summed E-state index contributed by atoms with van der Waals surface area (Å²) in [7, 11) is 0. The Bertz CT molecular complexity index is 486. The topological polar surface area (TPSA) is 78.4 Å². The first-order valence-corrected chi connectivity index (χ1v) is 10.2. The molecule has 2 N–H and O–H groups in total. The van der Waals surface area contributed by atoms with Crippen molar-refractivity contribution in [1.29, 1.82) is 0 Å². The lowest BCUT2D eigenvalue weighted by molar-refractivity contribution is 0.0377. The fraction of sp³-hybridized carbons (Fsp3) is 0.895. The van der Waals surface area contributed by atoms with Crippen molar-refractivity contribution in [3.8, 4) is 0 Å². The zero-order valence-electron chi connectivity index (χ0n) is 17.4. The standard InChI is InChI=1S/C19H37N5O3/c1-5-20-17(21-8-6-9-23-11-13-26-14-12-23)24-10-7-16(15-24)22-18(25)27-19(2,3)4/h16H,5-15H2,1-4H3,(H,20,21)(H,22,25). The molecule has 0 aromatic heterocycles. The van der Waals surface area contributed by atoms with Crippen LogP contribution >= 0.6 is 0 Å². The van der Waals surface area contributed by atoms with Crippen molar-refractivity contribution in [3.05, 3.63) is 0 Å². The van der Waals surface area contributed by atoms with Crippen LogP contribution in [0.2, 0.25) is 0 Å². The summed E-state index contributed by atoms with van der Waals surface area (Å²) in [6.45, 7) is 15.8. The van der Waals surface area contributed by atoms with Crippen LogP contribution in [0.25, 0.3) is 0 Å². The van der Waals surface area contributed by atoms with Crippen LogP contribution in [0, 0.1) is 0 Å². The average Bonchev–Trinajstić information content (AvgIpc) is 3.05. The highest BCUT2D eigenvalue weighted by molar-refractivity contribution is 5.80. The SMILES string of the molecule is CCNC(=NCCCN1CCOCC1)N1CCC(NC(=O)OC(C)(C)C)C1. The van der Waals surface area contributed by atoms with E-state index in [2.05, 4.69) is 27.4 Å². The van der Waals surface area contributed by atoms with Gasteiger partial charge in [0.25, 0.3) is 0 Å². The molecule has 1 unspecified atom stereocenters. The van der Waals surface area contributed by atoms with E-state index in [1.54, 1.807) is 0 Å². The van der Waals surface area contributed by atoms with Gasteiger partial charge in [-0.25, -0.2) is 4.79 Å². The van der Waals surface area contributed by atoms with E-state index in [-0.39, 0.29) is 12.1 Å². The molecule has 0 spiro atoms. The molecule has 2 aliphatic heterocycles. The molecule has 2 rings (SSSR count). The van der Waals surface area contributed by atoms with E-state index in [9.17, 15) is 4.79 Å². The number of nitrogens with one attached hydrogen (secondary N) is 2. The molecule has 1 atom stereocenters. The van der Waals surface area contributed by atoms with E-state index in [0.717, 1.165) is 77.8 Å². The van der Waals surface area contributed by atoms with Crippen molar-refractivity contribution >= 4 is 12.1 Å². The van der Waals surface area contributed by atoms with Crippen LogP contribution in [0.1, 0.15) is 40.5 Å². The highest BCUT2D eigenvalue weighted by atomic mass is 16.6. The number of carbonyl (C=O) groups is 1. The zero-order chi connectivity index (χ0) is 19.7. The molecule has 156 valence electrons. The van der Waals surface area contributed by atoms with Crippen molar-refractivity contribution in [3.63, 3.8) is 0 Å². The summed E-state index contributed by atoms with van der Waals surface area (Å²) >= 11 is 0. The third-order valence-electron chi connectivity index (χ3n) is 4.54. The number of amides is 1. The number of morpholine rings is 1. The van der Waals surface area contributed by atoms with Crippen LogP contribution in [0.5, 0.6) is 0 Å². The van der Waals surface area contributed by atoms with Gasteiger partial charge in [0.1, 0.15) is 5.60 Å². The van der Waals surface area contributed by atoms with Crippen molar-refractivity contribution in [2.75, 3.05) is 59.0 Å². The van der Waals surface area contributed by atoms with Crippen LogP contribution < -0.4 is 10.6 Å². The minimum atomic E-state index is -0.473. The fourth-order valence-corrected chi connectivity index (χ4v) is 3.27. The van der Waals surface area contributed by atoms with Crippen molar-refractivity contribution in [2.24, 2.45) is 4.99 Å². The molecule has 2 saturated heterocycles. The summed E-state index contributed by atoms with van der Waals surface area (Å²) in [6, 6.07) is 0.0945. The summed E-state index contributed by atoms with van der Waals surface area (Å²) in [6.07, 6.45) is 1.60. The van der Waals surface area contributed by atoms with Crippen LogP contribution in [0.15, 0.2) is 4.99 Å². The van der Waals surface area contributed by atoms with E-state index in [1.807, 2.05) is 20.8 Å². The minimum absolute atomic E-state index is 0.0945. The van der Waals surface area contributed by atoms with Gasteiger partial charge in [0, 0.05) is 45.8 Å². The third kappa shape index (κ3) is 8.34. The molecule has 8 nitrogen and oxygen atoms in total. The number of hydrogen-bond acceptors (Lipinski definition) is 5. The van der Waals surface area contributed by atoms with E-state index in [0.29, 0.717) is 0 Å². The number of aliphatic imine (C=N–C) groups is 1. The van der Waals surface area contributed by atoms with E-state index < -0.39 is 5.60 Å². The van der Waals surface area contributed by atoms with E-state index in [1.165, 1.54) is 0 Å². The van der Waals surface area contributed by atoms with E-state index in [4.69, 9.17) is 14.5 Å². The summed E-state index contributed by atoms with van der Waals surface area (Å²) in [5, 5.41) is 6.34. The lowest BCUT2D eigenvalue weighted by Gasteiger charge is -2.26. The smallest absolute Gasteiger partial charge is 0.407 e. The Labute approximate surface area is 163 Å². The summed E-state index contributed by atoms with van der Waals surface area (Å²) < 4.78 is 10.7. The van der Waals surface area contributed by atoms with Crippen LogP contribution in [-0.2, 0) is 9.47 Å². The molecule has 2 heterocycles. The Morgan fingerprint density at radius 1 is 1.26 bits per heavy atom. The number of guanidine groups is 1. The van der Waals surface area contributed by atoms with Gasteiger partial charge >= 0.3 is 6.09 Å². The molecule has 1 amide bonds. The lowest BCUT2D eigenvalue weighted by atomic mass is 10.2. The average molecular weight is 384 g/mol. The van der Waals surface area contributed by atoms with Gasteiger partial charge in [-0.15, -0.1) is 0 Å². The Kier molecular flexibility index (Phi) is 8.63. The molecule has 2 aliphatic rings. The van der Waals surface area contributed by atoms with E-state index >= 15 is 0 Å². The number of ether oxygens (including phenoxy) is 2. The predicted octanol–water partition coefficient (Wildman–Crippen LogP) is 1.27. The first-order chi connectivity index (χ1) is 12.9. The molecule has 0 aliphatic carbocycles. The predicted molar refractivity (Wildman–Crippen MR) is 107 cm³/mol. The molecular weight excluding hydrogens is 346 g/mol. The number of likely N-dealkylation sites (tertiary alicyclic amines) is 1. The molecule has 2 fully saturated rings. The second-order valence-corrected chi connectivity index (χ2v) is 8.12. The largest absolute Gasteiger partial charge is 0.444 e. The van der Waals surface area contributed by atoms with Crippen LogP contribution in [0.4, 0.5) is 4.79 Å². The number of rotatable bonds is 6. The van der Waals surface area contributed by atoms with Crippen LogP contribution in [-0.4, -0.2) is 92.5 Å². The number of hydrogen-bond donors (Lipinski definition) is 2. The molecule has 0 saturated carbocycles. The zero-order valence-corrected chi connectivity index (χ0v) is 17.4. The Morgan fingerprint density at radius 2 is 2.00 bits per heavy atom. The molecule has 0 aromatic carbocycles. The summed E-state index contributed by atoms with van der Waals surface area (Å²) in [5.41, 5.74) is -0.473. The number of nitrogens with zero attached hydrogens (tertiary/aromatic N) is 3. The molecule has 8 heteroatoms. The van der Waals surface area contributed by atoms with Gasteiger partial charge in [0.15, 0.2) is 5.96 Å². The van der Waals surface area contributed by atoms with Gasteiger partial charge in [-0.3, -0.25) is 9.89 Å². The number of carbonyl (C=O) groups excluding carboxylic acids is 1. The molecule has 27 heavy (non-hydrogen) atoms. The first kappa shape index (κ1) is 21.8. The van der Waals surface area contributed by atoms with Crippen molar-refractivity contribution in [2.45, 2.75) is 52.2 Å². The maximum atomic E-state index is 12.0. The quantitative estimate of drug-likeness (QED) is 0.409. The fourth-order valence-electron chi connectivity index (χ4n) is 3.27. The van der Waals surface area contributed by atoms with Gasteiger partial charge in [-0.1, -0.05) is 0 Å². The summed E-state index contributed by atoms with van der Waals surface area (Å²) in [4.78, 5) is 21.4. The molecule has 0 bridgehead atoms. The maximum Gasteiger partial charge on any atom is 0.407 e. The Hall–Kier alpha value is -1.54. The third-order valence-corrected chi connectivity index (χ3v) is 4.54. The molecule has 0 radical (unpaired) electrons. The van der Waals surface area contributed by atoms with Crippen molar-refractivity contribution < 1.29 is 14.3 Å². The first-order valence-electron chi connectivity index (χ1n) is 10.2. The molecular formula is C19H37N5O3. The van der Waals surface area contributed by atoms with Crippen molar-refractivity contribution in [1.82, 2.24) is 20.4 Å².